The smallest absolute Gasteiger partial charge is 0.106 e. The molecule has 0 aliphatic rings. The predicted octanol–water partition coefficient (Wildman–Crippen LogP) is 3.08. The van der Waals surface area contributed by atoms with Crippen LogP contribution in [0.15, 0.2) is 42.6 Å². The standard InChI is InChI=1S/C13H12INO/c1-9-7-11(8-15-13(9)14)12(16)10-5-3-2-4-6-10/h2-8,12,16H,1H3. The molecule has 0 aliphatic heterocycles. The van der Waals surface area contributed by atoms with Crippen molar-refractivity contribution in [2.24, 2.45) is 0 Å². The SMILES string of the molecule is Cc1cc(C(O)c2ccccc2)cnc1I. The van der Waals surface area contributed by atoms with E-state index in [9.17, 15) is 5.11 Å². The monoisotopic (exact) mass is 325 g/mol. The van der Waals surface area contributed by atoms with E-state index in [1.807, 2.05) is 43.3 Å². The van der Waals surface area contributed by atoms with E-state index >= 15 is 0 Å². The zero-order valence-corrected chi connectivity index (χ0v) is 11.0. The van der Waals surface area contributed by atoms with Crippen LogP contribution in [0.1, 0.15) is 22.8 Å². The third-order valence-corrected chi connectivity index (χ3v) is 3.60. The molecule has 0 saturated heterocycles. The number of rotatable bonds is 2. The minimum absolute atomic E-state index is 0.593. The molecule has 1 aromatic heterocycles. The number of hydrogen-bond acceptors (Lipinski definition) is 2. The lowest BCUT2D eigenvalue weighted by Crippen LogP contribution is -2.01. The van der Waals surface area contributed by atoms with Gasteiger partial charge >= 0.3 is 0 Å². The van der Waals surface area contributed by atoms with Gasteiger partial charge in [0.05, 0.1) is 0 Å². The van der Waals surface area contributed by atoms with Crippen LogP contribution in [-0.4, -0.2) is 10.1 Å². The highest BCUT2D eigenvalue weighted by atomic mass is 127. The molecular weight excluding hydrogens is 313 g/mol. The third kappa shape index (κ3) is 2.41. The van der Waals surface area contributed by atoms with Crippen LogP contribution >= 0.6 is 22.6 Å². The summed E-state index contributed by atoms with van der Waals surface area (Å²) in [5, 5.41) is 10.2. The van der Waals surface area contributed by atoms with Crippen LogP contribution in [0.5, 0.6) is 0 Å². The number of aliphatic hydroxyl groups excluding tert-OH is 1. The zero-order valence-electron chi connectivity index (χ0n) is 8.89. The molecule has 1 atom stereocenters. The predicted molar refractivity (Wildman–Crippen MR) is 72.2 cm³/mol. The molecule has 0 radical (unpaired) electrons. The average Bonchev–Trinajstić information content (AvgIpc) is 2.33. The van der Waals surface area contributed by atoms with E-state index in [1.165, 1.54) is 0 Å². The zero-order chi connectivity index (χ0) is 11.5. The number of aliphatic hydroxyl groups is 1. The van der Waals surface area contributed by atoms with Gasteiger partial charge in [0.25, 0.3) is 0 Å². The molecule has 16 heavy (non-hydrogen) atoms. The summed E-state index contributed by atoms with van der Waals surface area (Å²) in [5.74, 6) is 0. The van der Waals surface area contributed by atoms with Crippen molar-refractivity contribution in [2.45, 2.75) is 13.0 Å². The average molecular weight is 325 g/mol. The second kappa shape index (κ2) is 4.93. The Bertz CT molecular complexity index is 485. The summed E-state index contributed by atoms with van der Waals surface area (Å²) in [6.45, 7) is 2.00. The topological polar surface area (TPSA) is 33.1 Å². The van der Waals surface area contributed by atoms with Crippen molar-refractivity contribution in [3.63, 3.8) is 0 Å². The lowest BCUT2D eigenvalue weighted by molar-refractivity contribution is 0.220. The minimum atomic E-state index is -0.593. The fraction of sp³-hybridized carbons (Fsp3) is 0.154. The maximum atomic E-state index is 10.2. The Morgan fingerprint density at radius 2 is 1.88 bits per heavy atom. The highest BCUT2D eigenvalue weighted by molar-refractivity contribution is 14.1. The van der Waals surface area contributed by atoms with Gasteiger partial charge in [-0.25, -0.2) is 4.98 Å². The van der Waals surface area contributed by atoms with Gasteiger partial charge in [-0.1, -0.05) is 30.3 Å². The normalized spacial score (nSPS) is 12.4. The molecule has 82 valence electrons. The molecule has 0 spiro atoms. The van der Waals surface area contributed by atoms with Gasteiger partial charge in [0.2, 0.25) is 0 Å². The lowest BCUT2D eigenvalue weighted by Gasteiger charge is -2.11. The first-order valence-electron chi connectivity index (χ1n) is 5.03. The Labute approximate surface area is 108 Å². The number of aromatic nitrogens is 1. The van der Waals surface area contributed by atoms with E-state index in [-0.39, 0.29) is 0 Å². The summed E-state index contributed by atoms with van der Waals surface area (Å²) in [5.41, 5.74) is 2.82. The Hall–Kier alpha value is -0.940. The van der Waals surface area contributed by atoms with Gasteiger partial charge in [-0.3, -0.25) is 0 Å². The van der Waals surface area contributed by atoms with Gasteiger partial charge in [0.1, 0.15) is 9.80 Å². The van der Waals surface area contributed by atoms with Crippen LogP contribution in [0, 0.1) is 10.6 Å². The van der Waals surface area contributed by atoms with E-state index in [4.69, 9.17) is 0 Å². The van der Waals surface area contributed by atoms with Crippen molar-refractivity contribution in [1.82, 2.24) is 4.98 Å². The second-order valence-corrected chi connectivity index (χ2v) is 4.71. The van der Waals surface area contributed by atoms with Crippen molar-refractivity contribution < 1.29 is 5.11 Å². The number of nitrogens with zero attached hydrogens (tertiary/aromatic N) is 1. The second-order valence-electron chi connectivity index (χ2n) is 3.69. The Morgan fingerprint density at radius 1 is 1.19 bits per heavy atom. The number of halogens is 1. The van der Waals surface area contributed by atoms with Crippen molar-refractivity contribution in [1.29, 1.82) is 0 Å². The van der Waals surface area contributed by atoms with Crippen LogP contribution in [0.4, 0.5) is 0 Å². The molecule has 0 saturated carbocycles. The maximum absolute atomic E-state index is 10.2. The molecule has 1 N–H and O–H groups in total. The summed E-state index contributed by atoms with van der Waals surface area (Å²) in [7, 11) is 0. The fourth-order valence-electron chi connectivity index (χ4n) is 1.56. The summed E-state index contributed by atoms with van der Waals surface area (Å²) >= 11 is 2.19. The van der Waals surface area contributed by atoms with Crippen LogP contribution < -0.4 is 0 Å². The van der Waals surface area contributed by atoms with E-state index in [0.717, 1.165) is 20.4 Å². The number of aryl methyl sites for hydroxylation is 1. The van der Waals surface area contributed by atoms with Crippen LogP contribution in [0.25, 0.3) is 0 Å². The summed E-state index contributed by atoms with van der Waals surface area (Å²) < 4.78 is 0.974. The van der Waals surface area contributed by atoms with Gasteiger partial charge < -0.3 is 5.11 Å². The summed E-state index contributed by atoms with van der Waals surface area (Å²) in [6.07, 6.45) is 1.14. The first kappa shape index (κ1) is 11.5. The highest BCUT2D eigenvalue weighted by Crippen LogP contribution is 2.22. The molecule has 0 aliphatic carbocycles. The minimum Gasteiger partial charge on any atom is -0.384 e. The third-order valence-electron chi connectivity index (χ3n) is 2.47. The van der Waals surface area contributed by atoms with Crippen molar-refractivity contribution in [2.75, 3.05) is 0 Å². The van der Waals surface area contributed by atoms with Gasteiger partial charge in [-0.2, -0.15) is 0 Å². The molecule has 0 bridgehead atoms. The van der Waals surface area contributed by atoms with E-state index in [1.54, 1.807) is 6.20 Å². The Kier molecular flexibility index (Phi) is 3.56. The molecule has 3 heteroatoms. The maximum Gasteiger partial charge on any atom is 0.106 e. The van der Waals surface area contributed by atoms with Crippen LogP contribution in [0.3, 0.4) is 0 Å². The van der Waals surface area contributed by atoms with Crippen LogP contribution in [0.2, 0.25) is 0 Å². The van der Waals surface area contributed by atoms with Crippen molar-refractivity contribution in [3.05, 3.63) is 63.0 Å². The largest absolute Gasteiger partial charge is 0.384 e. The van der Waals surface area contributed by atoms with Gasteiger partial charge in [0, 0.05) is 11.8 Å². The number of pyridine rings is 1. The quantitative estimate of drug-likeness (QED) is 0.680. The van der Waals surface area contributed by atoms with Crippen molar-refractivity contribution in [3.8, 4) is 0 Å². The fourth-order valence-corrected chi connectivity index (χ4v) is 1.85. The molecule has 1 unspecified atom stereocenters. The number of benzene rings is 1. The van der Waals surface area contributed by atoms with Gasteiger partial charge in [-0.05, 0) is 46.7 Å². The molecule has 1 heterocycles. The molecular formula is C13H12INO. The van der Waals surface area contributed by atoms with Crippen molar-refractivity contribution >= 4 is 22.6 Å². The first-order valence-corrected chi connectivity index (χ1v) is 6.11. The Balaban J connectivity index is 2.34. The molecule has 2 aromatic rings. The van der Waals surface area contributed by atoms with E-state index < -0.39 is 6.10 Å². The van der Waals surface area contributed by atoms with Crippen LogP contribution in [-0.2, 0) is 0 Å². The first-order chi connectivity index (χ1) is 7.68. The molecule has 0 fully saturated rings. The highest BCUT2D eigenvalue weighted by Gasteiger charge is 2.11. The molecule has 0 amide bonds. The number of hydrogen-bond donors (Lipinski definition) is 1. The summed E-state index contributed by atoms with van der Waals surface area (Å²) in [4.78, 5) is 4.25. The van der Waals surface area contributed by atoms with E-state index in [2.05, 4.69) is 27.6 Å². The van der Waals surface area contributed by atoms with Gasteiger partial charge in [0.15, 0.2) is 0 Å². The molecule has 2 nitrogen and oxygen atoms in total. The Morgan fingerprint density at radius 3 is 2.50 bits per heavy atom. The summed E-state index contributed by atoms with van der Waals surface area (Å²) in [6, 6.07) is 11.6. The van der Waals surface area contributed by atoms with E-state index in [0.29, 0.717) is 0 Å². The lowest BCUT2D eigenvalue weighted by atomic mass is 10.0. The molecule has 2 rings (SSSR count). The molecule has 1 aromatic carbocycles. The van der Waals surface area contributed by atoms with Gasteiger partial charge in [-0.15, -0.1) is 0 Å².